The predicted molar refractivity (Wildman–Crippen MR) is 134 cm³/mol. The van der Waals surface area contributed by atoms with Gasteiger partial charge in [0.15, 0.2) is 17.2 Å². The lowest BCUT2D eigenvalue weighted by Crippen LogP contribution is -2.69. The zero-order valence-corrected chi connectivity index (χ0v) is 22.1. The van der Waals surface area contributed by atoms with Crippen molar-refractivity contribution in [1.82, 2.24) is 0 Å². The first kappa shape index (κ1) is 27.1. The van der Waals surface area contributed by atoms with Crippen LogP contribution in [-0.2, 0) is 14.3 Å². The van der Waals surface area contributed by atoms with E-state index in [-0.39, 0.29) is 52.9 Å². The van der Waals surface area contributed by atoms with E-state index in [2.05, 4.69) is 0 Å². The number of furan rings is 1. The average Bonchev–Trinajstić information content (AvgIpc) is 3.42. The van der Waals surface area contributed by atoms with E-state index in [9.17, 15) is 19.5 Å². The van der Waals surface area contributed by atoms with Crippen molar-refractivity contribution >= 4 is 40.7 Å². The van der Waals surface area contributed by atoms with Crippen LogP contribution in [0, 0.1) is 28.6 Å². The molecular weight excluding hydrogens is 507 g/mol. The molecular formula is C27H32Cl2O7. The number of Topliss-reactive ketones (excluding diaryl/α,β-unsaturated/α-hetero) is 1. The number of esters is 1. The number of carbonyl (C=O) groups excluding carboxylic acids is 3. The Morgan fingerprint density at radius 2 is 2.00 bits per heavy atom. The number of aliphatic hydroxyl groups excluding tert-OH is 1. The lowest BCUT2D eigenvalue weighted by molar-refractivity contribution is -0.177. The summed E-state index contributed by atoms with van der Waals surface area (Å²) in [5.74, 6) is -2.12. The van der Waals surface area contributed by atoms with Crippen LogP contribution in [0.2, 0.25) is 0 Å². The first-order valence-corrected chi connectivity index (χ1v) is 13.0. The third-order valence-electron chi connectivity index (χ3n) is 9.69. The number of ketones is 2. The van der Waals surface area contributed by atoms with Gasteiger partial charge in [-0.05, 0) is 61.8 Å². The number of hydrogen-bond acceptors (Lipinski definition) is 6. The molecule has 3 fully saturated rings. The van der Waals surface area contributed by atoms with Crippen molar-refractivity contribution in [3.05, 3.63) is 48.0 Å². The molecule has 3 N–H and O–H groups in total. The van der Waals surface area contributed by atoms with Gasteiger partial charge in [-0.1, -0.05) is 32.4 Å². The maximum atomic E-state index is 13.6. The lowest BCUT2D eigenvalue weighted by Gasteiger charge is -2.64. The summed E-state index contributed by atoms with van der Waals surface area (Å²) < 4.78 is 11.3. The van der Waals surface area contributed by atoms with Crippen molar-refractivity contribution in [2.24, 2.45) is 28.6 Å². The van der Waals surface area contributed by atoms with Gasteiger partial charge >= 0.3 is 5.97 Å². The van der Waals surface area contributed by atoms with Crippen molar-refractivity contribution < 1.29 is 34.1 Å². The summed E-state index contributed by atoms with van der Waals surface area (Å²) in [6.45, 7) is 5.81. The van der Waals surface area contributed by atoms with Crippen LogP contribution in [0.5, 0.6) is 0 Å². The fourth-order valence-electron chi connectivity index (χ4n) is 8.09. The van der Waals surface area contributed by atoms with Crippen LogP contribution in [0.1, 0.15) is 57.0 Å². The molecule has 0 bridgehead atoms. The van der Waals surface area contributed by atoms with Crippen molar-refractivity contribution in [3.8, 4) is 0 Å². The normalized spacial score (nSPS) is 42.9. The van der Waals surface area contributed by atoms with E-state index in [1.807, 2.05) is 26.8 Å². The van der Waals surface area contributed by atoms with Crippen LogP contribution in [0.3, 0.4) is 0 Å². The molecule has 8 atom stereocenters. The fourth-order valence-corrected chi connectivity index (χ4v) is 8.81. The van der Waals surface area contributed by atoms with Crippen LogP contribution in [0.25, 0.3) is 0 Å². The maximum Gasteiger partial charge on any atom is 0.375 e. The number of fused-ring (bicyclic) bond motifs is 5. The number of rotatable bonds is 4. The highest BCUT2D eigenvalue weighted by atomic mass is 35.5. The second kappa shape index (κ2) is 8.83. The molecule has 3 saturated carbocycles. The van der Waals surface area contributed by atoms with Gasteiger partial charge in [0.1, 0.15) is 0 Å². The number of alkyl halides is 2. The Labute approximate surface area is 220 Å². The number of carbonyl (C=O) groups is 3. The summed E-state index contributed by atoms with van der Waals surface area (Å²) in [4.78, 5) is 37.7. The molecule has 7 nitrogen and oxygen atoms in total. The van der Waals surface area contributed by atoms with E-state index in [0.29, 0.717) is 19.3 Å². The van der Waals surface area contributed by atoms with Crippen molar-refractivity contribution in [2.75, 3.05) is 5.88 Å². The van der Waals surface area contributed by atoms with Gasteiger partial charge in [0.2, 0.25) is 5.76 Å². The molecule has 1 aromatic rings. The minimum Gasteiger partial charge on any atom is -0.457 e. The SMILES string of the molecule is CC1C[C@H]2[C@@H]3CCC4=CC(=O)C=C[C@]4(C)[C@@]3(Cl)C(O)C[C@]2(C)[C@@]1(OC(=O)c1ccco1)C(=O)CCl.O. The lowest BCUT2D eigenvalue weighted by atomic mass is 9.45. The summed E-state index contributed by atoms with van der Waals surface area (Å²) in [5.41, 5.74) is -2.20. The minimum atomic E-state index is -1.53. The van der Waals surface area contributed by atoms with Gasteiger partial charge in [-0.2, -0.15) is 0 Å². The molecule has 0 radical (unpaired) electrons. The van der Waals surface area contributed by atoms with Gasteiger partial charge in [0, 0.05) is 16.7 Å². The second-order valence-electron chi connectivity index (χ2n) is 11.1. The minimum absolute atomic E-state index is 0. The molecule has 9 heteroatoms. The van der Waals surface area contributed by atoms with Gasteiger partial charge in [-0.3, -0.25) is 9.59 Å². The van der Waals surface area contributed by atoms with Gasteiger partial charge in [0.05, 0.1) is 23.1 Å². The van der Waals surface area contributed by atoms with E-state index in [1.165, 1.54) is 18.4 Å². The van der Waals surface area contributed by atoms with Crippen LogP contribution in [0.15, 0.2) is 46.6 Å². The van der Waals surface area contributed by atoms with E-state index in [1.54, 1.807) is 12.1 Å². The zero-order valence-electron chi connectivity index (χ0n) is 20.6. The van der Waals surface area contributed by atoms with Crippen LogP contribution >= 0.6 is 23.2 Å². The Bertz CT molecular complexity index is 1140. The predicted octanol–water partition coefficient (Wildman–Crippen LogP) is 4.04. The summed E-state index contributed by atoms with van der Waals surface area (Å²) in [5, 5.41) is 11.8. The molecule has 4 aliphatic carbocycles. The molecule has 4 aliphatic rings. The van der Waals surface area contributed by atoms with Gasteiger partial charge < -0.3 is 19.7 Å². The maximum absolute atomic E-state index is 13.6. The van der Waals surface area contributed by atoms with Crippen LogP contribution in [-0.4, -0.2) is 50.6 Å². The highest BCUT2D eigenvalue weighted by Crippen LogP contribution is 2.72. The van der Waals surface area contributed by atoms with E-state index >= 15 is 0 Å². The van der Waals surface area contributed by atoms with Crippen LogP contribution in [0.4, 0.5) is 0 Å². The van der Waals surface area contributed by atoms with E-state index in [0.717, 1.165) is 5.57 Å². The highest BCUT2D eigenvalue weighted by Gasteiger charge is 2.76. The van der Waals surface area contributed by atoms with Crippen molar-refractivity contribution in [1.29, 1.82) is 0 Å². The molecule has 0 aromatic carbocycles. The smallest absolute Gasteiger partial charge is 0.375 e. The third kappa shape index (κ3) is 3.22. The van der Waals surface area contributed by atoms with Crippen molar-refractivity contribution in [2.45, 2.75) is 63.0 Å². The van der Waals surface area contributed by atoms with Gasteiger partial charge in [-0.25, -0.2) is 4.79 Å². The largest absolute Gasteiger partial charge is 0.457 e. The first-order valence-electron chi connectivity index (χ1n) is 12.1. The number of aliphatic hydroxyl groups is 1. The molecule has 36 heavy (non-hydrogen) atoms. The molecule has 1 heterocycles. The monoisotopic (exact) mass is 538 g/mol. The average molecular weight is 539 g/mol. The Kier molecular flexibility index (Phi) is 6.65. The third-order valence-corrected chi connectivity index (χ3v) is 10.9. The van der Waals surface area contributed by atoms with Crippen molar-refractivity contribution in [3.63, 3.8) is 0 Å². The molecule has 0 aliphatic heterocycles. The first-order chi connectivity index (χ1) is 16.5. The summed E-state index contributed by atoms with van der Waals surface area (Å²) in [6.07, 6.45) is 7.44. The van der Waals surface area contributed by atoms with Gasteiger partial charge in [-0.15, -0.1) is 23.2 Å². The second-order valence-corrected chi connectivity index (χ2v) is 12.0. The molecule has 0 spiro atoms. The fraction of sp³-hybridized carbons (Fsp3) is 0.593. The number of ether oxygens (including phenoxy) is 1. The molecule has 0 amide bonds. The molecule has 2 unspecified atom stereocenters. The quantitative estimate of drug-likeness (QED) is 0.455. The number of allylic oxidation sites excluding steroid dienone is 4. The number of halogens is 2. The molecule has 1 aromatic heterocycles. The van der Waals surface area contributed by atoms with E-state index < -0.39 is 33.4 Å². The Morgan fingerprint density at radius 1 is 1.28 bits per heavy atom. The summed E-state index contributed by atoms with van der Waals surface area (Å²) in [7, 11) is 0. The molecule has 0 saturated heterocycles. The topological polar surface area (TPSA) is 125 Å². The number of hydrogen-bond donors (Lipinski definition) is 1. The summed E-state index contributed by atoms with van der Waals surface area (Å²) >= 11 is 13.6. The molecule has 5 rings (SSSR count). The van der Waals surface area contributed by atoms with Crippen LogP contribution < -0.4 is 0 Å². The molecule has 196 valence electrons. The Morgan fingerprint density at radius 3 is 2.64 bits per heavy atom. The Balaban J connectivity index is 0.00000304. The standard InChI is InChI=1S/C27H30Cl2O6.H2O/c1-15-11-19-18-7-6-16-12-17(30)8-9-24(16,2)26(18,29)21(31)13-25(19,3)27(15,22(32)14-28)35-23(33)20-5-4-10-34-20;/h4-5,8-10,12,15,18-19,21,31H,6-7,11,13-14H2,1-3H3;1H2/t15?,18-,19-,21?,24-,25-,26-,27-;/m0./s1. The van der Waals surface area contributed by atoms with Gasteiger partial charge in [0.25, 0.3) is 0 Å². The Hall–Kier alpha value is -1.93. The summed E-state index contributed by atoms with van der Waals surface area (Å²) in [6, 6.07) is 3.07. The zero-order chi connectivity index (χ0) is 25.4. The highest BCUT2D eigenvalue weighted by molar-refractivity contribution is 6.29. The van der Waals surface area contributed by atoms with E-state index in [4.69, 9.17) is 32.4 Å².